The molecule has 0 bridgehead atoms. The summed E-state index contributed by atoms with van der Waals surface area (Å²) in [7, 11) is 0. The van der Waals surface area contributed by atoms with Crippen molar-refractivity contribution in [1.82, 2.24) is 10.2 Å². The van der Waals surface area contributed by atoms with Crippen LogP contribution in [-0.4, -0.2) is 47.7 Å². The van der Waals surface area contributed by atoms with E-state index in [4.69, 9.17) is 4.74 Å². The van der Waals surface area contributed by atoms with E-state index in [0.717, 1.165) is 42.7 Å². The lowest BCUT2D eigenvalue weighted by Gasteiger charge is -2.41. The first-order valence-electron chi connectivity index (χ1n) is 10.8. The number of amides is 2. The van der Waals surface area contributed by atoms with E-state index in [1.54, 1.807) is 11.3 Å². The number of anilines is 1. The average Bonchev–Trinajstić information content (AvgIpc) is 3.43. The maximum absolute atomic E-state index is 13.0. The monoisotopic (exact) mass is 423 g/mol. The molecule has 1 aliphatic carbocycles. The molecular weight excluding hydrogens is 398 g/mol. The van der Waals surface area contributed by atoms with Crippen LogP contribution in [0.5, 0.6) is 0 Å². The zero-order chi connectivity index (χ0) is 20.3. The van der Waals surface area contributed by atoms with Gasteiger partial charge >= 0.3 is 0 Å². The van der Waals surface area contributed by atoms with E-state index in [9.17, 15) is 9.59 Å². The minimum atomic E-state index is -0.563. The second-order valence-corrected chi connectivity index (χ2v) is 10.2. The molecule has 1 unspecified atom stereocenters. The van der Waals surface area contributed by atoms with Crippen LogP contribution < -0.4 is 10.6 Å². The molecular formula is C23H25N3O3S. The predicted octanol–water partition coefficient (Wildman–Crippen LogP) is 3.18. The van der Waals surface area contributed by atoms with Crippen LogP contribution in [0, 0.1) is 0 Å². The van der Waals surface area contributed by atoms with E-state index >= 15 is 0 Å². The van der Waals surface area contributed by atoms with Crippen molar-refractivity contribution in [2.45, 2.75) is 49.8 Å². The average molecular weight is 424 g/mol. The lowest BCUT2D eigenvalue weighted by Crippen LogP contribution is -2.59. The van der Waals surface area contributed by atoms with Gasteiger partial charge in [-0.15, -0.1) is 11.3 Å². The molecule has 2 aromatic rings. The largest absolute Gasteiger partial charge is 0.370 e. The number of hydrogen-bond donors (Lipinski definition) is 2. The van der Waals surface area contributed by atoms with Gasteiger partial charge in [-0.3, -0.25) is 9.59 Å². The number of nitrogens with zero attached hydrogens (tertiary/aromatic N) is 1. The van der Waals surface area contributed by atoms with Crippen LogP contribution >= 0.6 is 11.3 Å². The van der Waals surface area contributed by atoms with E-state index in [-0.39, 0.29) is 17.4 Å². The number of para-hydroxylation sites is 1. The molecule has 2 fully saturated rings. The van der Waals surface area contributed by atoms with Crippen molar-refractivity contribution in [1.29, 1.82) is 0 Å². The number of rotatable bonds is 1. The summed E-state index contributed by atoms with van der Waals surface area (Å²) < 4.78 is 6.31. The molecule has 1 aromatic carbocycles. The molecule has 1 atom stereocenters. The third kappa shape index (κ3) is 2.87. The zero-order valence-electron chi connectivity index (χ0n) is 16.8. The van der Waals surface area contributed by atoms with Gasteiger partial charge in [0, 0.05) is 30.1 Å². The number of hydrogen-bond acceptors (Lipinski definition) is 5. The number of benzene rings is 1. The SMILES string of the molecule is O=C1NC2(COC3(CCN(C(=O)c4cc5c(s4)CCC5)CC3)C2)Nc2ccccc21. The number of nitrogens with one attached hydrogen (secondary N) is 2. The minimum Gasteiger partial charge on any atom is -0.370 e. The molecule has 4 aliphatic rings. The van der Waals surface area contributed by atoms with Crippen molar-refractivity contribution in [3.63, 3.8) is 0 Å². The normalized spacial score (nSPS) is 26.4. The van der Waals surface area contributed by atoms with Crippen LogP contribution in [-0.2, 0) is 17.6 Å². The quantitative estimate of drug-likeness (QED) is 0.739. The Kier molecular flexibility index (Phi) is 4.02. The number of aryl methyl sites for hydroxylation is 2. The topological polar surface area (TPSA) is 70.7 Å². The van der Waals surface area contributed by atoms with Gasteiger partial charge in [-0.2, -0.15) is 0 Å². The van der Waals surface area contributed by atoms with Crippen molar-refractivity contribution in [3.8, 4) is 0 Å². The molecule has 3 aliphatic heterocycles. The Labute approximate surface area is 179 Å². The van der Waals surface area contributed by atoms with Crippen molar-refractivity contribution in [3.05, 3.63) is 51.2 Å². The predicted molar refractivity (Wildman–Crippen MR) is 115 cm³/mol. The maximum Gasteiger partial charge on any atom is 0.263 e. The fourth-order valence-electron chi connectivity index (χ4n) is 5.48. The third-order valence-electron chi connectivity index (χ3n) is 7.07. The smallest absolute Gasteiger partial charge is 0.263 e. The molecule has 0 saturated carbocycles. The number of fused-ring (bicyclic) bond motifs is 2. The molecule has 156 valence electrons. The van der Waals surface area contributed by atoms with Crippen molar-refractivity contribution in [2.24, 2.45) is 0 Å². The summed E-state index contributed by atoms with van der Waals surface area (Å²) in [6.45, 7) is 1.84. The molecule has 1 aromatic heterocycles. The first-order valence-corrected chi connectivity index (χ1v) is 11.6. The number of piperidine rings is 1. The second kappa shape index (κ2) is 6.56. The third-order valence-corrected chi connectivity index (χ3v) is 8.29. The van der Waals surface area contributed by atoms with Gasteiger partial charge in [-0.05, 0) is 55.9 Å². The molecule has 6 rings (SSSR count). The van der Waals surface area contributed by atoms with E-state index in [1.165, 1.54) is 16.9 Å². The Morgan fingerprint density at radius 1 is 1.13 bits per heavy atom. The summed E-state index contributed by atoms with van der Waals surface area (Å²) in [5, 5.41) is 6.67. The Balaban J connectivity index is 1.14. The van der Waals surface area contributed by atoms with Gasteiger partial charge in [0.15, 0.2) is 0 Å². The Bertz CT molecular complexity index is 1020. The Morgan fingerprint density at radius 2 is 1.97 bits per heavy atom. The highest BCUT2D eigenvalue weighted by atomic mass is 32.1. The fraction of sp³-hybridized carbons (Fsp3) is 0.478. The molecule has 2 amide bonds. The molecule has 2 saturated heterocycles. The number of carbonyl (C=O) groups excluding carboxylic acids is 2. The summed E-state index contributed by atoms with van der Waals surface area (Å²) in [6, 6.07) is 9.70. The molecule has 4 heterocycles. The van der Waals surface area contributed by atoms with Gasteiger partial charge < -0.3 is 20.3 Å². The summed E-state index contributed by atoms with van der Waals surface area (Å²) in [4.78, 5) is 29.9. The number of carbonyl (C=O) groups is 2. The fourth-order valence-corrected chi connectivity index (χ4v) is 6.70. The number of thiophene rings is 1. The van der Waals surface area contributed by atoms with Crippen molar-refractivity contribution in [2.75, 3.05) is 25.0 Å². The van der Waals surface area contributed by atoms with Gasteiger partial charge in [0.05, 0.1) is 22.6 Å². The van der Waals surface area contributed by atoms with Crippen LogP contribution in [0.4, 0.5) is 5.69 Å². The zero-order valence-corrected chi connectivity index (χ0v) is 17.6. The number of ether oxygens (including phenoxy) is 1. The first kappa shape index (κ1) is 18.4. The van der Waals surface area contributed by atoms with E-state index in [1.807, 2.05) is 29.2 Å². The van der Waals surface area contributed by atoms with E-state index < -0.39 is 5.66 Å². The Hall–Kier alpha value is -2.38. The van der Waals surface area contributed by atoms with Crippen LogP contribution in [0.15, 0.2) is 30.3 Å². The summed E-state index contributed by atoms with van der Waals surface area (Å²) >= 11 is 1.68. The summed E-state index contributed by atoms with van der Waals surface area (Å²) in [5.41, 5.74) is 2.05. The molecule has 6 nitrogen and oxygen atoms in total. The van der Waals surface area contributed by atoms with Crippen LogP contribution in [0.3, 0.4) is 0 Å². The first-order chi connectivity index (χ1) is 14.5. The standard InChI is InChI=1S/C23H25N3O3S/c27-20-16-5-1-2-6-17(16)24-23(25-20)13-22(29-14-23)8-10-26(11-9-22)21(28)19-12-15-4-3-7-18(15)30-19/h1-2,5-6,12,24H,3-4,7-11,13-14H2,(H,25,27). The van der Waals surface area contributed by atoms with Crippen LogP contribution in [0.2, 0.25) is 0 Å². The highest BCUT2D eigenvalue weighted by Gasteiger charge is 2.53. The van der Waals surface area contributed by atoms with Gasteiger partial charge in [0.1, 0.15) is 5.66 Å². The van der Waals surface area contributed by atoms with Crippen molar-refractivity contribution < 1.29 is 14.3 Å². The lowest BCUT2D eigenvalue weighted by molar-refractivity contribution is -0.0392. The number of likely N-dealkylation sites (tertiary alicyclic amines) is 1. The minimum absolute atomic E-state index is 0.0524. The van der Waals surface area contributed by atoms with E-state index in [2.05, 4.69) is 16.7 Å². The summed E-state index contributed by atoms with van der Waals surface area (Å²) in [5.74, 6) is 0.110. The molecule has 30 heavy (non-hydrogen) atoms. The van der Waals surface area contributed by atoms with E-state index in [0.29, 0.717) is 25.3 Å². The maximum atomic E-state index is 13.0. The molecule has 7 heteroatoms. The highest BCUT2D eigenvalue weighted by Crippen LogP contribution is 2.43. The van der Waals surface area contributed by atoms with Gasteiger partial charge in [-0.25, -0.2) is 0 Å². The second-order valence-electron chi connectivity index (χ2n) is 9.06. The summed E-state index contributed by atoms with van der Waals surface area (Å²) in [6.07, 6.45) is 5.76. The highest BCUT2D eigenvalue weighted by molar-refractivity contribution is 7.14. The van der Waals surface area contributed by atoms with Gasteiger partial charge in [-0.1, -0.05) is 12.1 Å². The van der Waals surface area contributed by atoms with Gasteiger partial charge in [0.25, 0.3) is 11.8 Å². The van der Waals surface area contributed by atoms with Gasteiger partial charge in [0.2, 0.25) is 0 Å². The Morgan fingerprint density at radius 3 is 2.80 bits per heavy atom. The molecule has 0 radical (unpaired) electrons. The lowest BCUT2D eigenvalue weighted by atomic mass is 9.84. The van der Waals surface area contributed by atoms with Crippen LogP contribution in [0.1, 0.15) is 56.2 Å². The molecule has 2 N–H and O–H groups in total. The van der Waals surface area contributed by atoms with Crippen molar-refractivity contribution >= 4 is 28.8 Å². The molecule has 2 spiro atoms. The van der Waals surface area contributed by atoms with Crippen LogP contribution in [0.25, 0.3) is 0 Å².